The summed E-state index contributed by atoms with van der Waals surface area (Å²) in [6.07, 6.45) is 4.29. The zero-order chi connectivity index (χ0) is 17.1. The van der Waals surface area contributed by atoms with E-state index in [0.717, 1.165) is 10.2 Å². The SMILES string of the molecule is O=C(C1=COCCO1)N(/N=C/c1ccco1)c1nc2ccccc2s1. The predicted molar refractivity (Wildman–Crippen MR) is 93.4 cm³/mol. The van der Waals surface area contributed by atoms with Crippen LogP contribution < -0.4 is 5.01 Å². The molecule has 3 aromatic rings. The minimum atomic E-state index is -0.457. The highest BCUT2D eigenvalue weighted by atomic mass is 32.1. The molecule has 0 spiro atoms. The van der Waals surface area contributed by atoms with Crippen LogP contribution in [-0.4, -0.2) is 30.3 Å². The van der Waals surface area contributed by atoms with E-state index in [9.17, 15) is 4.79 Å². The van der Waals surface area contributed by atoms with Gasteiger partial charge in [-0.05, 0) is 24.3 Å². The molecule has 1 aromatic carbocycles. The normalized spacial score (nSPS) is 14.2. The maximum atomic E-state index is 12.8. The van der Waals surface area contributed by atoms with Gasteiger partial charge >= 0.3 is 5.91 Å². The molecule has 0 aliphatic carbocycles. The fourth-order valence-electron chi connectivity index (χ4n) is 2.20. The van der Waals surface area contributed by atoms with E-state index in [-0.39, 0.29) is 5.76 Å². The molecule has 0 saturated heterocycles. The quantitative estimate of drug-likeness (QED) is 0.531. The molecule has 25 heavy (non-hydrogen) atoms. The number of benzene rings is 1. The summed E-state index contributed by atoms with van der Waals surface area (Å²) in [7, 11) is 0. The van der Waals surface area contributed by atoms with E-state index in [4.69, 9.17) is 13.9 Å². The van der Waals surface area contributed by atoms with E-state index in [0.29, 0.717) is 24.1 Å². The predicted octanol–water partition coefficient (Wildman–Crippen LogP) is 3.14. The van der Waals surface area contributed by atoms with E-state index in [1.165, 1.54) is 35.1 Å². The van der Waals surface area contributed by atoms with Crippen molar-refractivity contribution in [3.8, 4) is 0 Å². The number of anilines is 1. The summed E-state index contributed by atoms with van der Waals surface area (Å²) in [5, 5.41) is 5.87. The molecule has 0 fully saturated rings. The molecular weight excluding hydrogens is 342 g/mol. The Kier molecular flexibility index (Phi) is 4.17. The number of amides is 1. The molecule has 0 atom stereocenters. The van der Waals surface area contributed by atoms with Gasteiger partial charge in [0, 0.05) is 0 Å². The molecule has 8 heteroatoms. The van der Waals surface area contributed by atoms with Crippen LogP contribution in [0.15, 0.2) is 64.2 Å². The zero-order valence-electron chi connectivity index (χ0n) is 13.0. The molecule has 0 saturated carbocycles. The molecule has 0 N–H and O–H groups in total. The number of para-hydroxylation sites is 1. The topological polar surface area (TPSA) is 77.2 Å². The maximum absolute atomic E-state index is 12.8. The number of hydrazone groups is 1. The first-order chi connectivity index (χ1) is 12.3. The van der Waals surface area contributed by atoms with Crippen molar-refractivity contribution in [2.75, 3.05) is 18.2 Å². The van der Waals surface area contributed by atoms with Crippen molar-refractivity contribution >= 4 is 38.8 Å². The van der Waals surface area contributed by atoms with Gasteiger partial charge in [-0.1, -0.05) is 23.5 Å². The van der Waals surface area contributed by atoms with Crippen LogP contribution in [-0.2, 0) is 14.3 Å². The molecule has 4 rings (SSSR count). The first kappa shape index (κ1) is 15.4. The molecule has 7 nitrogen and oxygen atoms in total. The summed E-state index contributed by atoms with van der Waals surface area (Å²) >= 11 is 1.36. The minimum Gasteiger partial charge on any atom is -0.494 e. The Hall–Kier alpha value is -3.13. The summed E-state index contributed by atoms with van der Waals surface area (Å²) < 4.78 is 16.7. The average molecular weight is 355 g/mol. The van der Waals surface area contributed by atoms with Gasteiger partial charge < -0.3 is 13.9 Å². The second kappa shape index (κ2) is 6.78. The van der Waals surface area contributed by atoms with Crippen molar-refractivity contribution in [3.05, 3.63) is 60.4 Å². The lowest BCUT2D eigenvalue weighted by atomic mass is 10.3. The summed E-state index contributed by atoms with van der Waals surface area (Å²) in [4.78, 5) is 17.3. The van der Waals surface area contributed by atoms with Crippen LogP contribution in [0.5, 0.6) is 0 Å². The van der Waals surface area contributed by atoms with Gasteiger partial charge in [-0.25, -0.2) is 4.98 Å². The first-order valence-corrected chi connectivity index (χ1v) is 8.35. The fourth-order valence-corrected chi connectivity index (χ4v) is 3.13. The molecular formula is C17H13N3O4S. The molecule has 0 radical (unpaired) electrons. The highest BCUT2D eigenvalue weighted by Gasteiger charge is 2.26. The average Bonchev–Trinajstić information content (AvgIpc) is 3.32. The summed E-state index contributed by atoms with van der Waals surface area (Å²) in [6, 6.07) is 11.1. The Labute approximate surface area is 146 Å². The second-order valence-corrected chi connectivity index (χ2v) is 6.05. The summed E-state index contributed by atoms with van der Waals surface area (Å²) in [5.74, 6) is 0.150. The van der Waals surface area contributed by atoms with Crippen molar-refractivity contribution in [2.24, 2.45) is 5.10 Å². The molecule has 1 aliphatic heterocycles. The lowest BCUT2D eigenvalue weighted by molar-refractivity contribution is -0.119. The number of hydrogen-bond acceptors (Lipinski definition) is 7. The van der Waals surface area contributed by atoms with Gasteiger partial charge in [0.05, 0.1) is 22.7 Å². The maximum Gasteiger partial charge on any atom is 0.319 e. The van der Waals surface area contributed by atoms with Crippen LogP contribution in [0.2, 0.25) is 0 Å². The third-order valence-electron chi connectivity index (χ3n) is 3.36. The van der Waals surface area contributed by atoms with E-state index in [1.807, 2.05) is 24.3 Å². The Morgan fingerprint density at radius 2 is 2.16 bits per heavy atom. The Morgan fingerprint density at radius 3 is 2.92 bits per heavy atom. The van der Waals surface area contributed by atoms with Crippen LogP contribution in [0, 0.1) is 0 Å². The highest BCUT2D eigenvalue weighted by Crippen LogP contribution is 2.30. The van der Waals surface area contributed by atoms with Crippen molar-refractivity contribution in [2.45, 2.75) is 0 Å². The van der Waals surface area contributed by atoms with Gasteiger partial charge in [0.15, 0.2) is 0 Å². The monoisotopic (exact) mass is 355 g/mol. The van der Waals surface area contributed by atoms with Gasteiger partial charge in [0.25, 0.3) is 0 Å². The molecule has 2 aromatic heterocycles. The number of carbonyl (C=O) groups is 1. The van der Waals surface area contributed by atoms with Crippen molar-refractivity contribution in [1.29, 1.82) is 0 Å². The minimum absolute atomic E-state index is 0.0853. The van der Waals surface area contributed by atoms with Gasteiger partial charge in [-0.3, -0.25) is 4.79 Å². The lowest BCUT2D eigenvalue weighted by Gasteiger charge is -2.18. The fraction of sp³-hybridized carbons (Fsp3) is 0.118. The highest BCUT2D eigenvalue weighted by molar-refractivity contribution is 7.22. The van der Waals surface area contributed by atoms with Crippen LogP contribution in [0.3, 0.4) is 0 Å². The number of ether oxygens (including phenoxy) is 2. The van der Waals surface area contributed by atoms with Crippen LogP contribution in [0.25, 0.3) is 10.2 Å². The summed E-state index contributed by atoms with van der Waals surface area (Å²) in [6.45, 7) is 0.723. The summed E-state index contributed by atoms with van der Waals surface area (Å²) in [5.41, 5.74) is 0.795. The van der Waals surface area contributed by atoms with Crippen LogP contribution in [0.4, 0.5) is 5.13 Å². The number of thiazole rings is 1. The smallest absolute Gasteiger partial charge is 0.319 e. The number of furan rings is 1. The number of nitrogens with zero attached hydrogens (tertiary/aromatic N) is 3. The van der Waals surface area contributed by atoms with E-state index < -0.39 is 5.91 Å². The number of carbonyl (C=O) groups excluding carboxylic acids is 1. The van der Waals surface area contributed by atoms with E-state index in [2.05, 4.69) is 10.1 Å². The van der Waals surface area contributed by atoms with Crippen LogP contribution >= 0.6 is 11.3 Å². The Balaban J connectivity index is 1.71. The van der Waals surface area contributed by atoms with Gasteiger partial charge in [0.1, 0.15) is 25.2 Å². The zero-order valence-corrected chi connectivity index (χ0v) is 13.8. The molecule has 1 aliphatic rings. The van der Waals surface area contributed by atoms with Gasteiger partial charge in [0.2, 0.25) is 10.9 Å². The van der Waals surface area contributed by atoms with Crippen molar-refractivity contribution in [3.63, 3.8) is 0 Å². The third kappa shape index (κ3) is 3.24. The standard InChI is InChI=1S/C17H13N3O4S/c21-16(14-11-22-8-9-24-14)20(18-10-12-4-3-7-23-12)17-19-13-5-1-2-6-15(13)25-17/h1-7,10-11H,8-9H2/b18-10+. The first-order valence-electron chi connectivity index (χ1n) is 7.53. The Bertz CT molecular complexity index is 913. The van der Waals surface area contributed by atoms with E-state index in [1.54, 1.807) is 12.1 Å². The van der Waals surface area contributed by atoms with Crippen LogP contribution in [0.1, 0.15) is 5.76 Å². The molecule has 0 bridgehead atoms. The molecule has 0 unspecified atom stereocenters. The number of fused-ring (bicyclic) bond motifs is 1. The van der Waals surface area contributed by atoms with E-state index >= 15 is 0 Å². The van der Waals surface area contributed by atoms with Gasteiger partial charge in [-0.15, -0.1) is 0 Å². The van der Waals surface area contributed by atoms with Crippen molar-refractivity contribution < 1.29 is 18.7 Å². The Morgan fingerprint density at radius 1 is 1.24 bits per heavy atom. The number of rotatable bonds is 4. The number of aromatic nitrogens is 1. The number of hydrogen-bond donors (Lipinski definition) is 0. The molecule has 3 heterocycles. The van der Waals surface area contributed by atoms with Crippen molar-refractivity contribution in [1.82, 2.24) is 4.98 Å². The second-order valence-electron chi connectivity index (χ2n) is 5.04. The third-order valence-corrected chi connectivity index (χ3v) is 4.37. The van der Waals surface area contributed by atoms with Gasteiger partial charge in [-0.2, -0.15) is 10.1 Å². The lowest BCUT2D eigenvalue weighted by Crippen LogP contribution is -2.30. The largest absolute Gasteiger partial charge is 0.494 e. The molecule has 1 amide bonds. The molecule has 126 valence electrons.